The van der Waals surface area contributed by atoms with Crippen LogP contribution in [-0.2, 0) is 11.2 Å². The van der Waals surface area contributed by atoms with Gasteiger partial charge >= 0.3 is 5.97 Å². The monoisotopic (exact) mass is 197 g/mol. The standard InChI is InChI=1S/C10H12FNO2/c1-10(2,9(13)14)6-7-4-3-5-12-8(7)11/h3-5H,6H2,1-2H3,(H,13,14). The SMILES string of the molecule is CC(C)(Cc1cccnc1F)C(=O)O. The van der Waals surface area contributed by atoms with Gasteiger partial charge < -0.3 is 5.11 Å². The van der Waals surface area contributed by atoms with Crippen LogP contribution in [0.3, 0.4) is 0 Å². The first-order valence-corrected chi connectivity index (χ1v) is 4.26. The number of carboxylic acids is 1. The van der Waals surface area contributed by atoms with Gasteiger partial charge in [-0.25, -0.2) is 4.98 Å². The molecule has 4 heteroatoms. The second kappa shape index (κ2) is 3.74. The molecule has 1 heterocycles. The van der Waals surface area contributed by atoms with Crippen molar-refractivity contribution >= 4 is 5.97 Å². The highest BCUT2D eigenvalue weighted by molar-refractivity contribution is 5.74. The number of hydrogen-bond acceptors (Lipinski definition) is 2. The zero-order valence-corrected chi connectivity index (χ0v) is 8.12. The average Bonchev–Trinajstić information content (AvgIpc) is 2.08. The first-order chi connectivity index (χ1) is 6.43. The number of aromatic nitrogens is 1. The molecule has 0 unspecified atom stereocenters. The summed E-state index contributed by atoms with van der Waals surface area (Å²) in [6.07, 6.45) is 1.48. The van der Waals surface area contributed by atoms with Gasteiger partial charge in [-0.05, 0) is 26.3 Å². The molecule has 0 fully saturated rings. The third-order valence-corrected chi connectivity index (χ3v) is 2.05. The maximum Gasteiger partial charge on any atom is 0.309 e. The van der Waals surface area contributed by atoms with E-state index in [-0.39, 0.29) is 6.42 Å². The lowest BCUT2D eigenvalue weighted by molar-refractivity contribution is -0.146. The van der Waals surface area contributed by atoms with Gasteiger partial charge in [0, 0.05) is 11.8 Å². The molecule has 1 N–H and O–H groups in total. The number of nitrogens with zero attached hydrogens (tertiary/aromatic N) is 1. The minimum atomic E-state index is -0.968. The molecule has 0 atom stereocenters. The first kappa shape index (κ1) is 10.6. The molecule has 0 saturated carbocycles. The van der Waals surface area contributed by atoms with E-state index in [1.165, 1.54) is 6.20 Å². The molecule has 76 valence electrons. The molecule has 0 amide bonds. The van der Waals surface area contributed by atoms with Gasteiger partial charge in [0.05, 0.1) is 5.41 Å². The smallest absolute Gasteiger partial charge is 0.309 e. The molecular formula is C10H12FNO2. The van der Waals surface area contributed by atoms with Crippen molar-refractivity contribution in [2.75, 3.05) is 0 Å². The second-order valence-electron chi connectivity index (χ2n) is 3.82. The van der Waals surface area contributed by atoms with E-state index in [0.29, 0.717) is 5.56 Å². The normalized spacial score (nSPS) is 11.4. The molecule has 0 aliphatic heterocycles. The van der Waals surface area contributed by atoms with Gasteiger partial charge in [0.2, 0.25) is 5.95 Å². The lowest BCUT2D eigenvalue weighted by Gasteiger charge is -2.18. The molecule has 1 aromatic heterocycles. The zero-order valence-electron chi connectivity index (χ0n) is 8.12. The fraction of sp³-hybridized carbons (Fsp3) is 0.400. The van der Waals surface area contributed by atoms with Crippen LogP contribution < -0.4 is 0 Å². The maximum absolute atomic E-state index is 13.1. The van der Waals surface area contributed by atoms with Crippen molar-refractivity contribution in [2.45, 2.75) is 20.3 Å². The molecule has 0 spiro atoms. The lowest BCUT2D eigenvalue weighted by Crippen LogP contribution is -2.26. The third kappa shape index (κ3) is 2.28. The molecule has 0 bridgehead atoms. The van der Waals surface area contributed by atoms with Crippen LogP contribution in [0.5, 0.6) is 0 Å². The van der Waals surface area contributed by atoms with Crippen molar-refractivity contribution in [3.05, 3.63) is 29.8 Å². The second-order valence-corrected chi connectivity index (χ2v) is 3.82. The van der Waals surface area contributed by atoms with Crippen molar-refractivity contribution in [3.63, 3.8) is 0 Å². The molecule has 0 saturated heterocycles. The van der Waals surface area contributed by atoms with Crippen LogP contribution in [0, 0.1) is 11.4 Å². The highest BCUT2D eigenvalue weighted by Crippen LogP contribution is 2.22. The summed E-state index contributed by atoms with van der Waals surface area (Å²) >= 11 is 0. The van der Waals surface area contributed by atoms with Crippen LogP contribution in [0.1, 0.15) is 19.4 Å². The molecule has 0 aliphatic carbocycles. The van der Waals surface area contributed by atoms with Gasteiger partial charge in [-0.15, -0.1) is 0 Å². The van der Waals surface area contributed by atoms with E-state index >= 15 is 0 Å². The number of rotatable bonds is 3. The molecule has 0 radical (unpaired) electrons. The number of carbonyl (C=O) groups is 1. The Kier molecular flexibility index (Phi) is 2.84. The number of pyridine rings is 1. The highest BCUT2D eigenvalue weighted by atomic mass is 19.1. The molecule has 0 aliphatic rings. The Hall–Kier alpha value is -1.45. The minimum Gasteiger partial charge on any atom is -0.481 e. The summed E-state index contributed by atoms with van der Waals surface area (Å²) in [5.74, 6) is -1.54. The van der Waals surface area contributed by atoms with Crippen LogP contribution in [0.4, 0.5) is 4.39 Å². The summed E-state index contributed by atoms with van der Waals surface area (Å²) in [7, 11) is 0. The van der Waals surface area contributed by atoms with Crippen molar-refractivity contribution in [1.29, 1.82) is 0 Å². The van der Waals surface area contributed by atoms with Crippen LogP contribution >= 0.6 is 0 Å². The zero-order chi connectivity index (χ0) is 10.8. The highest BCUT2D eigenvalue weighted by Gasteiger charge is 2.28. The largest absolute Gasteiger partial charge is 0.481 e. The summed E-state index contributed by atoms with van der Waals surface area (Å²) in [4.78, 5) is 14.3. The topological polar surface area (TPSA) is 50.2 Å². The van der Waals surface area contributed by atoms with Crippen LogP contribution in [-0.4, -0.2) is 16.1 Å². The van der Waals surface area contributed by atoms with Crippen molar-refractivity contribution < 1.29 is 14.3 Å². The molecule has 14 heavy (non-hydrogen) atoms. The summed E-state index contributed by atoms with van der Waals surface area (Å²) < 4.78 is 13.1. The number of hydrogen-bond donors (Lipinski definition) is 1. The van der Waals surface area contributed by atoms with E-state index in [0.717, 1.165) is 0 Å². The van der Waals surface area contributed by atoms with Crippen LogP contribution in [0.15, 0.2) is 18.3 Å². The van der Waals surface area contributed by atoms with E-state index in [4.69, 9.17) is 5.11 Å². The van der Waals surface area contributed by atoms with E-state index in [2.05, 4.69) is 4.98 Å². The Balaban J connectivity index is 2.89. The summed E-state index contributed by atoms with van der Waals surface area (Å²) in [6.45, 7) is 3.11. The van der Waals surface area contributed by atoms with Gasteiger partial charge in [0.1, 0.15) is 0 Å². The van der Waals surface area contributed by atoms with Crippen molar-refractivity contribution in [3.8, 4) is 0 Å². The molecule has 3 nitrogen and oxygen atoms in total. The summed E-state index contributed by atoms with van der Waals surface area (Å²) in [6, 6.07) is 3.14. The van der Waals surface area contributed by atoms with E-state index in [1.807, 2.05) is 0 Å². The minimum absolute atomic E-state index is 0.141. The lowest BCUT2D eigenvalue weighted by atomic mass is 9.86. The van der Waals surface area contributed by atoms with E-state index < -0.39 is 17.3 Å². The van der Waals surface area contributed by atoms with Gasteiger partial charge in [-0.3, -0.25) is 4.79 Å². The first-order valence-electron chi connectivity index (χ1n) is 4.26. The van der Waals surface area contributed by atoms with Crippen molar-refractivity contribution in [1.82, 2.24) is 4.98 Å². The summed E-state index contributed by atoms with van der Waals surface area (Å²) in [5.41, 5.74) is -0.635. The predicted molar refractivity (Wildman–Crippen MR) is 49.3 cm³/mol. The Labute approximate surface area is 81.6 Å². The fourth-order valence-electron chi connectivity index (χ4n) is 1.10. The quantitative estimate of drug-likeness (QED) is 0.752. The van der Waals surface area contributed by atoms with Gasteiger partial charge in [-0.1, -0.05) is 6.07 Å². The van der Waals surface area contributed by atoms with Crippen LogP contribution in [0.2, 0.25) is 0 Å². The number of aliphatic carboxylic acids is 1. The molecule has 1 rings (SSSR count). The third-order valence-electron chi connectivity index (χ3n) is 2.05. The molecular weight excluding hydrogens is 185 g/mol. The Morgan fingerprint density at radius 1 is 1.64 bits per heavy atom. The molecule has 1 aromatic rings. The van der Waals surface area contributed by atoms with Crippen molar-refractivity contribution in [2.24, 2.45) is 5.41 Å². The van der Waals surface area contributed by atoms with E-state index in [9.17, 15) is 9.18 Å². The van der Waals surface area contributed by atoms with Gasteiger partial charge in [-0.2, -0.15) is 4.39 Å². The van der Waals surface area contributed by atoms with Gasteiger partial charge in [0.15, 0.2) is 0 Å². The Morgan fingerprint density at radius 3 is 2.79 bits per heavy atom. The van der Waals surface area contributed by atoms with Crippen LogP contribution in [0.25, 0.3) is 0 Å². The predicted octanol–water partition coefficient (Wildman–Crippen LogP) is 1.87. The maximum atomic E-state index is 13.1. The fourth-order valence-corrected chi connectivity index (χ4v) is 1.10. The Bertz CT molecular complexity index is 350. The Morgan fingerprint density at radius 2 is 2.29 bits per heavy atom. The van der Waals surface area contributed by atoms with Gasteiger partial charge in [0.25, 0.3) is 0 Å². The number of carboxylic acid groups (broad SMARTS) is 1. The average molecular weight is 197 g/mol. The summed E-state index contributed by atoms with van der Waals surface area (Å²) in [5, 5.41) is 8.85. The van der Waals surface area contributed by atoms with E-state index in [1.54, 1.807) is 26.0 Å². The number of halogens is 1. The molecule has 0 aromatic carbocycles.